The first-order valence-electron chi connectivity index (χ1n) is 8.31. The topological polar surface area (TPSA) is 54.5 Å². The van der Waals surface area contributed by atoms with E-state index >= 15 is 0 Å². The van der Waals surface area contributed by atoms with Crippen LogP contribution in [0.25, 0.3) is 0 Å². The number of likely N-dealkylation sites (tertiary alicyclic amines) is 1. The van der Waals surface area contributed by atoms with Gasteiger partial charge in [-0.05, 0) is 42.7 Å². The smallest absolute Gasteiger partial charge is 0.337 e. The van der Waals surface area contributed by atoms with Crippen molar-refractivity contribution in [3.05, 3.63) is 59.9 Å². The molecule has 5 nitrogen and oxygen atoms in total. The van der Waals surface area contributed by atoms with Crippen molar-refractivity contribution in [3.8, 4) is 0 Å². The molecule has 0 atom stereocenters. The van der Waals surface area contributed by atoms with Gasteiger partial charge in [0.1, 0.15) is 0 Å². The Hall–Kier alpha value is -2.40. The van der Waals surface area contributed by atoms with Crippen molar-refractivity contribution in [3.63, 3.8) is 0 Å². The number of carbonyl (C=O) groups is 1. The minimum atomic E-state index is -0.301. The molecule has 0 saturated carbocycles. The number of hydrogen-bond acceptors (Lipinski definition) is 5. The first-order valence-corrected chi connectivity index (χ1v) is 8.31. The Morgan fingerprint density at radius 1 is 1.29 bits per heavy atom. The van der Waals surface area contributed by atoms with E-state index in [4.69, 9.17) is 4.74 Å². The Morgan fingerprint density at radius 2 is 2.12 bits per heavy atom. The van der Waals surface area contributed by atoms with Crippen LogP contribution >= 0.6 is 0 Å². The van der Waals surface area contributed by atoms with Gasteiger partial charge in [-0.3, -0.25) is 9.88 Å². The lowest BCUT2D eigenvalue weighted by Crippen LogP contribution is -2.38. The van der Waals surface area contributed by atoms with Gasteiger partial charge in [0.2, 0.25) is 0 Å². The maximum atomic E-state index is 11.6. The van der Waals surface area contributed by atoms with Gasteiger partial charge in [-0.1, -0.05) is 12.1 Å². The highest BCUT2D eigenvalue weighted by molar-refractivity contribution is 5.90. The zero-order chi connectivity index (χ0) is 16.8. The average Bonchev–Trinajstić information content (AvgIpc) is 2.64. The summed E-state index contributed by atoms with van der Waals surface area (Å²) in [5.41, 5.74) is 2.81. The molecule has 1 fully saturated rings. The first-order chi connectivity index (χ1) is 11.7. The SMILES string of the molecule is COC(=O)c1cccc(NC2CCN(Cc3cccnc3)CC2)c1. The molecule has 1 N–H and O–H groups in total. The van der Waals surface area contributed by atoms with Crippen molar-refractivity contribution in [1.82, 2.24) is 9.88 Å². The van der Waals surface area contributed by atoms with Gasteiger partial charge in [0, 0.05) is 43.8 Å². The molecule has 1 aromatic heterocycles. The molecule has 1 aliphatic heterocycles. The van der Waals surface area contributed by atoms with E-state index in [2.05, 4.69) is 21.3 Å². The van der Waals surface area contributed by atoms with Crippen LogP contribution in [0.3, 0.4) is 0 Å². The van der Waals surface area contributed by atoms with Gasteiger partial charge in [0.15, 0.2) is 0 Å². The minimum absolute atomic E-state index is 0.301. The van der Waals surface area contributed by atoms with Gasteiger partial charge in [0.05, 0.1) is 12.7 Å². The summed E-state index contributed by atoms with van der Waals surface area (Å²) in [4.78, 5) is 18.2. The van der Waals surface area contributed by atoms with E-state index in [1.807, 2.05) is 36.7 Å². The van der Waals surface area contributed by atoms with E-state index in [0.29, 0.717) is 11.6 Å². The number of benzene rings is 1. The standard InChI is InChI=1S/C19H23N3O2/c1-24-19(23)16-5-2-6-18(12-16)21-17-7-10-22(11-8-17)14-15-4-3-9-20-13-15/h2-6,9,12-13,17,21H,7-8,10-11,14H2,1H3. The Kier molecular flexibility index (Phi) is 5.43. The summed E-state index contributed by atoms with van der Waals surface area (Å²) in [5.74, 6) is -0.301. The van der Waals surface area contributed by atoms with Crippen LogP contribution in [0.4, 0.5) is 5.69 Å². The predicted molar refractivity (Wildman–Crippen MR) is 93.9 cm³/mol. The number of nitrogens with zero attached hydrogens (tertiary/aromatic N) is 2. The minimum Gasteiger partial charge on any atom is -0.465 e. The van der Waals surface area contributed by atoms with Gasteiger partial charge in [-0.25, -0.2) is 4.79 Å². The zero-order valence-corrected chi connectivity index (χ0v) is 13.9. The third-order valence-corrected chi connectivity index (χ3v) is 4.37. The number of carbonyl (C=O) groups excluding carboxylic acids is 1. The number of methoxy groups -OCH3 is 1. The van der Waals surface area contributed by atoms with Gasteiger partial charge < -0.3 is 10.1 Å². The number of nitrogens with one attached hydrogen (secondary N) is 1. The van der Waals surface area contributed by atoms with Crippen molar-refractivity contribution < 1.29 is 9.53 Å². The summed E-state index contributed by atoms with van der Waals surface area (Å²) in [5, 5.41) is 3.54. The van der Waals surface area contributed by atoms with Crippen molar-refractivity contribution in [2.75, 3.05) is 25.5 Å². The van der Waals surface area contributed by atoms with Crippen LogP contribution in [0.1, 0.15) is 28.8 Å². The monoisotopic (exact) mass is 325 g/mol. The quantitative estimate of drug-likeness (QED) is 0.857. The lowest BCUT2D eigenvalue weighted by molar-refractivity contribution is 0.0601. The molecule has 0 bridgehead atoms. The lowest BCUT2D eigenvalue weighted by Gasteiger charge is -2.32. The number of piperidine rings is 1. The summed E-state index contributed by atoms with van der Waals surface area (Å²) in [7, 11) is 1.40. The van der Waals surface area contributed by atoms with E-state index in [1.165, 1.54) is 12.7 Å². The number of esters is 1. The Balaban J connectivity index is 1.51. The molecule has 1 aromatic carbocycles. The molecule has 3 rings (SSSR count). The van der Waals surface area contributed by atoms with Gasteiger partial charge in [-0.15, -0.1) is 0 Å². The van der Waals surface area contributed by atoms with E-state index in [9.17, 15) is 4.79 Å². The van der Waals surface area contributed by atoms with Crippen molar-refractivity contribution in [2.45, 2.75) is 25.4 Å². The Bertz CT molecular complexity index is 667. The summed E-state index contributed by atoms with van der Waals surface area (Å²) in [6, 6.07) is 12.0. The fraction of sp³-hybridized carbons (Fsp3) is 0.368. The molecule has 0 unspecified atom stereocenters. The third kappa shape index (κ3) is 4.32. The molecule has 2 aromatic rings. The van der Waals surface area contributed by atoms with E-state index in [-0.39, 0.29) is 5.97 Å². The Morgan fingerprint density at radius 3 is 2.83 bits per heavy atom. The fourth-order valence-corrected chi connectivity index (χ4v) is 3.07. The van der Waals surface area contributed by atoms with Crippen LogP contribution in [0.15, 0.2) is 48.8 Å². The highest BCUT2D eigenvalue weighted by Gasteiger charge is 2.19. The number of rotatable bonds is 5. The molecule has 1 saturated heterocycles. The number of pyridine rings is 1. The third-order valence-electron chi connectivity index (χ3n) is 4.37. The van der Waals surface area contributed by atoms with Crippen LogP contribution in [0.5, 0.6) is 0 Å². The average molecular weight is 325 g/mol. The molecule has 24 heavy (non-hydrogen) atoms. The second-order valence-corrected chi connectivity index (χ2v) is 6.13. The maximum Gasteiger partial charge on any atom is 0.337 e. The van der Waals surface area contributed by atoms with Crippen LogP contribution < -0.4 is 5.32 Å². The maximum absolute atomic E-state index is 11.6. The van der Waals surface area contributed by atoms with Crippen molar-refractivity contribution >= 4 is 11.7 Å². The second-order valence-electron chi connectivity index (χ2n) is 6.13. The van der Waals surface area contributed by atoms with Gasteiger partial charge >= 0.3 is 5.97 Å². The number of aromatic nitrogens is 1. The molecule has 1 aliphatic rings. The zero-order valence-electron chi connectivity index (χ0n) is 13.9. The molecule has 0 aliphatic carbocycles. The summed E-state index contributed by atoms with van der Waals surface area (Å²) >= 11 is 0. The molecular weight excluding hydrogens is 302 g/mol. The van der Waals surface area contributed by atoms with Crippen molar-refractivity contribution in [1.29, 1.82) is 0 Å². The van der Waals surface area contributed by atoms with Gasteiger partial charge in [-0.2, -0.15) is 0 Å². The lowest BCUT2D eigenvalue weighted by atomic mass is 10.0. The molecular formula is C19H23N3O2. The second kappa shape index (κ2) is 7.93. The van der Waals surface area contributed by atoms with Crippen LogP contribution in [0, 0.1) is 0 Å². The van der Waals surface area contributed by atoms with Crippen LogP contribution in [-0.4, -0.2) is 42.1 Å². The largest absolute Gasteiger partial charge is 0.465 e. The predicted octanol–water partition coefficient (Wildman–Crippen LogP) is 2.94. The highest BCUT2D eigenvalue weighted by atomic mass is 16.5. The van der Waals surface area contributed by atoms with Crippen LogP contribution in [0.2, 0.25) is 0 Å². The van der Waals surface area contributed by atoms with Crippen LogP contribution in [-0.2, 0) is 11.3 Å². The number of anilines is 1. The summed E-state index contributed by atoms with van der Waals surface area (Å²) in [6.07, 6.45) is 5.91. The summed E-state index contributed by atoms with van der Waals surface area (Å²) < 4.78 is 4.77. The molecule has 2 heterocycles. The molecule has 126 valence electrons. The molecule has 5 heteroatoms. The normalized spacial score (nSPS) is 15.9. The van der Waals surface area contributed by atoms with E-state index in [0.717, 1.165) is 38.2 Å². The number of hydrogen-bond donors (Lipinski definition) is 1. The highest BCUT2D eigenvalue weighted by Crippen LogP contribution is 2.19. The molecule has 0 amide bonds. The number of ether oxygens (including phenoxy) is 1. The molecule has 0 spiro atoms. The first kappa shape index (κ1) is 16.5. The summed E-state index contributed by atoms with van der Waals surface area (Å²) in [6.45, 7) is 3.07. The Labute approximate surface area is 142 Å². The molecule has 0 radical (unpaired) electrons. The van der Waals surface area contributed by atoms with Gasteiger partial charge in [0.25, 0.3) is 0 Å². The van der Waals surface area contributed by atoms with Crippen molar-refractivity contribution in [2.24, 2.45) is 0 Å². The fourth-order valence-electron chi connectivity index (χ4n) is 3.07. The van der Waals surface area contributed by atoms with E-state index < -0.39 is 0 Å². The van der Waals surface area contributed by atoms with E-state index in [1.54, 1.807) is 6.07 Å².